The number of hydrogen-bond acceptors (Lipinski definition) is 6. The number of carbonyl (C=O) groups is 4. The molecule has 8 nitrogen and oxygen atoms in total. The highest BCUT2D eigenvalue weighted by Gasteiger charge is 2.27. The Morgan fingerprint density at radius 3 is 2.17 bits per heavy atom. The van der Waals surface area contributed by atoms with Crippen LogP contribution < -0.4 is 10.2 Å². The number of hydrogen-bond donors (Lipinski definition) is 1. The highest BCUT2D eigenvalue weighted by Crippen LogP contribution is 2.38. The third kappa shape index (κ3) is 8.15. The van der Waals surface area contributed by atoms with E-state index in [1.807, 2.05) is 6.07 Å². The maximum Gasteiger partial charge on any atom is 0.303 e. The molecule has 0 aliphatic heterocycles. The largest absolute Gasteiger partial charge is 0.462 e. The average molecular weight is 742 g/mol. The zero-order valence-electron chi connectivity index (χ0n) is 16.3. The molecule has 1 unspecified atom stereocenters. The first-order valence-electron chi connectivity index (χ1n) is 8.53. The van der Waals surface area contributed by atoms with Crippen LogP contribution in [0.4, 0.5) is 11.4 Å². The predicted molar refractivity (Wildman–Crippen MR) is 134 cm³/mol. The van der Waals surface area contributed by atoms with Gasteiger partial charge in [0, 0.05) is 34.3 Å². The van der Waals surface area contributed by atoms with E-state index < -0.39 is 18.0 Å². The molecule has 0 saturated heterocycles. The third-order valence-electron chi connectivity index (χ3n) is 3.57. The summed E-state index contributed by atoms with van der Waals surface area (Å²) in [5.74, 6) is -1.49. The first kappa shape index (κ1) is 26.3. The molecule has 0 saturated carbocycles. The number of esters is 2. The van der Waals surface area contributed by atoms with Gasteiger partial charge in [-0.2, -0.15) is 0 Å². The molecule has 0 radical (unpaired) electrons. The van der Waals surface area contributed by atoms with Gasteiger partial charge in [-0.15, -0.1) is 0 Å². The lowest BCUT2D eigenvalue weighted by Crippen LogP contribution is -2.41. The number of benzene rings is 1. The molecular weight excluding hydrogens is 721 g/mol. The predicted octanol–water partition coefficient (Wildman–Crippen LogP) is 3.70. The Kier molecular flexibility index (Phi) is 11.1. The quantitative estimate of drug-likeness (QED) is 0.323. The van der Waals surface area contributed by atoms with Crippen molar-refractivity contribution in [1.82, 2.24) is 0 Å². The van der Waals surface area contributed by atoms with Crippen LogP contribution in [0.15, 0.2) is 6.07 Å². The fourth-order valence-corrected chi connectivity index (χ4v) is 6.54. The molecular formula is C18H21I3N2O6. The van der Waals surface area contributed by atoms with Crippen LogP contribution in [-0.2, 0) is 28.7 Å². The normalized spacial score (nSPS) is 11.4. The first-order chi connectivity index (χ1) is 13.5. The van der Waals surface area contributed by atoms with Crippen molar-refractivity contribution in [1.29, 1.82) is 0 Å². The summed E-state index contributed by atoms with van der Waals surface area (Å²) < 4.78 is 12.5. The summed E-state index contributed by atoms with van der Waals surface area (Å²) in [7, 11) is 0. The van der Waals surface area contributed by atoms with Crippen LogP contribution >= 0.6 is 67.8 Å². The molecule has 1 aromatic carbocycles. The van der Waals surface area contributed by atoms with Crippen molar-refractivity contribution in [2.24, 2.45) is 0 Å². The second-order valence-electron chi connectivity index (χ2n) is 5.94. The van der Waals surface area contributed by atoms with Crippen molar-refractivity contribution in [3.8, 4) is 0 Å². The molecule has 1 N–H and O–H groups in total. The van der Waals surface area contributed by atoms with E-state index in [4.69, 9.17) is 9.47 Å². The van der Waals surface area contributed by atoms with Gasteiger partial charge in [-0.25, -0.2) is 0 Å². The third-order valence-corrected chi connectivity index (χ3v) is 6.30. The number of anilines is 2. The Hall–Kier alpha value is -0.710. The van der Waals surface area contributed by atoms with Crippen molar-refractivity contribution in [3.05, 3.63) is 16.8 Å². The number of amides is 2. The van der Waals surface area contributed by atoms with Gasteiger partial charge < -0.3 is 19.7 Å². The summed E-state index contributed by atoms with van der Waals surface area (Å²) >= 11 is 6.32. The monoisotopic (exact) mass is 742 g/mol. The smallest absolute Gasteiger partial charge is 0.303 e. The van der Waals surface area contributed by atoms with Crippen molar-refractivity contribution < 1.29 is 28.7 Å². The molecule has 0 heterocycles. The Morgan fingerprint density at radius 2 is 1.69 bits per heavy atom. The SMILES string of the molecule is CCC(=O)Nc1c(I)cc(I)c(N(CC(COC(C)=O)OC(C)=O)C(C)=O)c1I. The summed E-state index contributed by atoms with van der Waals surface area (Å²) in [5, 5.41) is 2.87. The van der Waals surface area contributed by atoms with Crippen LogP contribution in [0.3, 0.4) is 0 Å². The van der Waals surface area contributed by atoms with Gasteiger partial charge in [-0.05, 0) is 73.8 Å². The lowest BCUT2D eigenvalue weighted by Gasteiger charge is -2.29. The Bertz CT molecular complexity index is 815. The number of carbonyl (C=O) groups excluding carboxylic acids is 4. The summed E-state index contributed by atoms with van der Waals surface area (Å²) in [6.45, 7) is 5.47. The molecule has 0 aliphatic carbocycles. The van der Waals surface area contributed by atoms with E-state index in [1.165, 1.54) is 25.7 Å². The number of nitrogens with zero attached hydrogens (tertiary/aromatic N) is 1. The van der Waals surface area contributed by atoms with E-state index >= 15 is 0 Å². The van der Waals surface area contributed by atoms with Crippen molar-refractivity contribution >= 4 is 103 Å². The second kappa shape index (κ2) is 12.2. The van der Waals surface area contributed by atoms with Crippen LogP contribution in [0, 0.1) is 10.7 Å². The molecule has 160 valence electrons. The summed E-state index contributed by atoms with van der Waals surface area (Å²) in [6, 6.07) is 1.85. The Balaban J connectivity index is 3.37. The van der Waals surface area contributed by atoms with Crippen LogP contribution in [0.2, 0.25) is 0 Å². The molecule has 0 fully saturated rings. The molecule has 1 aromatic rings. The maximum absolute atomic E-state index is 12.5. The molecule has 11 heteroatoms. The van der Waals surface area contributed by atoms with Gasteiger partial charge in [0.05, 0.1) is 21.5 Å². The molecule has 0 spiro atoms. The minimum atomic E-state index is -0.833. The van der Waals surface area contributed by atoms with E-state index in [2.05, 4.69) is 73.1 Å². The molecule has 1 atom stereocenters. The number of ether oxygens (including phenoxy) is 2. The number of nitrogens with one attached hydrogen (secondary N) is 1. The molecule has 0 aliphatic rings. The summed E-state index contributed by atoms with van der Waals surface area (Å²) in [6.07, 6.45) is -0.513. The fourth-order valence-electron chi connectivity index (χ4n) is 2.32. The van der Waals surface area contributed by atoms with Gasteiger partial charge in [-0.3, -0.25) is 19.2 Å². The van der Waals surface area contributed by atoms with E-state index in [9.17, 15) is 19.2 Å². The average Bonchev–Trinajstić information content (AvgIpc) is 2.61. The van der Waals surface area contributed by atoms with E-state index in [-0.39, 0.29) is 25.0 Å². The van der Waals surface area contributed by atoms with Crippen molar-refractivity contribution in [3.63, 3.8) is 0 Å². The molecule has 29 heavy (non-hydrogen) atoms. The highest BCUT2D eigenvalue weighted by molar-refractivity contribution is 14.1. The van der Waals surface area contributed by atoms with E-state index in [0.717, 1.165) is 7.14 Å². The molecule has 2 amide bonds. The van der Waals surface area contributed by atoms with Gasteiger partial charge in [-0.1, -0.05) is 6.92 Å². The zero-order chi connectivity index (χ0) is 22.3. The van der Waals surface area contributed by atoms with E-state index in [0.29, 0.717) is 21.4 Å². The first-order valence-corrected chi connectivity index (χ1v) is 11.8. The number of rotatable bonds is 8. The van der Waals surface area contributed by atoms with Crippen LogP contribution in [0.25, 0.3) is 0 Å². The minimum absolute atomic E-state index is 0.00401. The van der Waals surface area contributed by atoms with Gasteiger partial charge in [0.2, 0.25) is 11.8 Å². The number of halogens is 3. The molecule has 0 bridgehead atoms. The Labute approximate surface area is 210 Å². The van der Waals surface area contributed by atoms with Crippen LogP contribution in [0.1, 0.15) is 34.1 Å². The molecule has 0 aromatic heterocycles. The van der Waals surface area contributed by atoms with Gasteiger partial charge in [0.25, 0.3) is 0 Å². The second-order valence-corrected chi connectivity index (χ2v) is 9.35. The maximum atomic E-state index is 12.5. The Morgan fingerprint density at radius 1 is 1.07 bits per heavy atom. The highest BCUT2D eigenvalue weighted by atomic mass is 127. The van der Waals surface area contributed by atoms with Gasteiger partial charge >= 0.3 is 11.9 Å². The molecule has 1 rings (SSSR count). The standard InChI is InChI=1S/C18H21I3N2O6/c1-5-15(27)22-17-13(19)6-14(20)18(16(17)21)23(9(2)24)7-12(29-11(4)26)8-28-10(3)25/h6,12H,5,7-8H2,1-4H3,(H,22,27). The minimum Gasteiger partial charge on any atom is -0.462 e. The van der Waals surface area contributed by atoms with Crippen molar-refractivity contribution in [2.45, 2.75) is 40.2 Å². The topological polar surface area (TPSA) is 102 Å². The van der Waals surface area contributed by atoms with Crippen LogP contribution in [0.5, 0.6) is 0 Å². The lowest BCUT2D eigenvalue weighted by atomic mass is 10.2. The lowest BCUT2D eigenvalue weighted by molar-refractivity contribution is -0.155. The van der Waals surface area contributed by atoms with Crippen molar-refractivity contribution in [2.75, 3.05) is 23.4 Å². The zero-order valence-corrected chi connectivity index (χ0v) is 22.8. The van der Waals surface area contributed by atoms with Gasteiger partial charge in [0.1, 0.15) is 6.61 Å². The fraction of sp³-hybridized carbons (Fsp3) is 0.444. The van der Waals surface area contributed by atoms with E-state index in [1.54, 1.807) is 6.92 Å². The summed E-state index contributed by atoms with van der Waals surface area (Å²) in [4.78, 5) is 48.5. The van der Waals surface area contributed by atoms with Gasteiger partial charge in [0.15, 0.2) is 6.10 Å². The summed E-state index contributed by atoms with van der Waals surface area (Å²) in [5.41, 5.74) is 1.20. The van der Waals surface area contributed by atoms with Crippen LogP contribution in [-0.4, -0.2) is 43.0 Å².